The molecule has 0 aliphatic carbocycles. The molecule has 0 radical (unpaired) electrons. The Morgan fingerprint density at radius 2 is 1.52 bits per heavy atom. The van der Waals surface area contributed by atoms with Crippen molar-refractivity contribution >= 4 is 12.8 Å². The van der Waals surface area contributed by atoms with E-state index in [0.717, 1.165) is 11.8 Å². The van der Waals surface area contributed by atoms with E-state index in [1.54, 1.807) is 30.5 Å². The van der Waals surface area contributed by atoms with Crippen LogP contribution in [0.2, 0.25) is 0 Å². The van der Waals surface area contributed by atoms with Gasteiger partial charge in [-0.25, -0.2) is 0 Å². The third-order valence-electron chi connectivity index (χ3n) is 4.98. The molecule has 0 amide bonds. The predicted molar refractivity (Wildman–Crippen MR) is 91.1 cm³/mol. The van der Waals surface area contributed by atoms with E-state index in [4.69, 9.17) is 9.31 Å². The van der Waals surface area contributed by atoms with E-state index in [-0.39, 0.29) is 6.42 Å². The fourth-order valence-electron chi connectivity index (χ4n) is 2.75. The van der Waals surface area contributed by atoms with Gasteiger partial charge in [0, 0.05) is 12.6 Å². The van der Waals surface area contributed by atoms with Crippen LogP contribution in [0, 0.1) is 0 Å². The average Bonchev–Trinajstić information content (AvgIpc) is 2.75. The van der Waals surface area contributed by atoms with Gasteiger partial charge in [0.05, 0.1) is 16.8 Å². The topological polar surface area (TPSA) is 21.7 Å². The van der Waals surface area contributed by atoms with Crippen LogP contribution >= 0.6 is 0 Å². The van der Waals surface area contributed by atoms with Crippen molar-refractivity contribution in [1.82, 2.24) is 4.81 Å². The number of hydrogen-bond donors (Lipinski definition) is 0. The molecule has 0 N–H and O–H groups in total. The maximum Gasteiger partial charge on any atom is 0.598 e. The normalized spacial score (nSPS) is 22.7. The summed E-state index contributed by atoms with van der Waals surface area (Å²) in [6, 6.07) is 9.04. The zero-order chi connectivity index (χ0) is 18.5. The minimum atomic E-state index is -4.41. The van der Waals surface area contributed by atoms with Gasteiger partial charge in [-0.3, -0.25) is 0 Å². The number of rotatable bonds is 2. The number of allylic oxidation sites excluding steroid dienone is 2. The van der Waals surface area contributed by atoms with E-state index in [2.05, 4.69) is 0 Å². The summed E-state index contributed by atoms with van der Waals surface area (Å²) in [5, 5.41) is 0. The molecule has 3 nitrogen and oxygen atoms in total. The second-order valence-corrected chi connectivity index (χ2v) is 7.36. The van der Waals surface area contributed by atoms with Gasteiger partial charge in [0.15, 0.2) is 0 Å². The van der Waals surface area contributed by atoms with Gasteiger partial charge >= 0.3 is 13.4 Å². The molecule has 1 saturated heterocycles. The lowest BCUT2D eigenvalue weighted by Crippen LogP contribution is -2.41. The number of halogens is 3. The molecule has 1 aromatic rings. The van der Waals surface area contributed by atoms with Crippen LogP contribution in [0.3, 0.4) is 0 Å². The third kappa shape index (κ3) is 3.48. The average molecular weight is 351 g/mol. The highest BCUT2D eigenvalue weighted by Gasteiger charge is 2.54. The highest BCUT2D eigenvalue weighted by Crippen LogP contribution is 2.41. The zero-order valence-electron chi connectivity index (χ0n) is 14.7. The molecule has 134 valence electrons. The SMILES string of the molecule is CC1(C)OB(N2C=C(c3ccccc3)CC(C(F)(F)F)=C2)OC1(C)C. The number of alkyl halides is 3. The Balaban J connectivity index is 1.97. The van der Waals surface area contributed by atoms with Crippen LogP contribution in [0.4, 0.5) is 13.2 Å². The van der Waals surface area contributed by atoms with Crippen molar-refractivity contribution in [3.8, 4) is 0 Å². The minimum Gasteiger partial charge on any atom is -0.384 e. The van der Waals surface area contributed by atoms with Crippen molar-refractivity contribution in [1.29, 1.82) is 0 Å². The van der Waals surface area contributed by atoms with Crippen molar-refractivity contribution in [2.45, 2.75) is 51.5 Å². The van der Waals surface area contributed by atoms with Gasteiger partial charge in [0.2, 0.25) is 0 Å². The minimum absolute atomic E-state index is 0.177. The lowest BCUT2D eigenvalue weighted by atomic mass is 9.90. The van der Waals surface area contributed by atoms with Crippen molar-refractivity contribution in [3.63, 3.8) is 0 Å². The van der Waals surface area contributed by atoms with Crippen LogP contribution in [0.1, 0.15) is 39.7 Å². The molecule has 0 unspecified atom stereocenters. The number of nitrogens with zero attached hydrogens (tertiary/aromatic N) is 1. The molecular formula is C18H21BF3NO2. The van der Waals surface area contributed by atoms with Gasteiger partial charge in [0.25, 0.3) is 0 Å². The summed E-state index contributed by atoms with van der Waals surface area (Å²) < 4.78 is 52.0. The molecule has 0 atom stereocenters. The smallest absolute Gasteiger partial charge is 0.384 e. The van der Waals surface area contributed by atoms with Crippen LogP contribution in [0.25, 0.3) is 5.57 Å². The fraction of sp³-hybridized carbons (Fsp3) is 0.444. The molecule has 2 aliphatic rings. The van der Waals surface area contributed by atoms with Crippen molar-refractivity contribution in [3.05, 3.63) is 53.9 Å². The van der Waals surface area contributed by atoms with Gasteiger partial charge in [0.1, 0.15) is 0 Å². The monoisotopic (exact) mass is 351 g/mol. The van der Waals surface area contributed by atoms with Gasteiger partial charge in [-0.2, -0.15) is 13.2 Å². The van der Waals surface area contributed by atoms with E-state index < -0.39 is 30.2 Å². The van der Waals surface area contributed by atoms with Crippen LogP contribution in [-0.4, -0.2) is 29.4 Å². The van der Waals surface area contributed by atoms with Gasteiger partial charge in [-0.15, -0.1) is 0 Å². The molecule has 7 heteroatoms. The van der Waals surface area contributed by atoms with E-state index in [9.17, 15) is 13.2 Å². The molecule has 0 spiro atoms. The van der Waals surface area contributed by atoms with Crippen LogP contribution in [0.15, 0.2) is 48.3 Å². The molecule has 0 bridgehead atoms. The molecule has 1 aromatic carbocycles. The zero-order valence-corrected chi connectivity index (χ0v) is 14.7. The molecule has 0 saturated carbocycles. The standard InChI is InChI=1S/C18H21BF3NO2/c1-16(2)17(3,4)25-19(24-16)23-11-14(13-8-6-5-7-9-13)10-15(12-23)18(20,21)22/h5-9,11-12H,10H2,1-4H3. The lowest BCUT2D eigenvalue weighted by molar-refractivity contribution is -0.0937. The first-order valence-corrected chi connectivity index (χ1v) is 8.17. The van der Waals surface area contributed by atoms with Gasteiger partial charge in [-0.05, 0) is 45.0 Å². The van der Waals surface area contributed by atoms with Gasteiger partial charge in [-0.1, -0.05) is 30.3 Å². The Kier molecular flexibility index (Phi) is 4.28. The largest absolute Gasteiger partial charge is 0.598 e. The molecule has 1 fully saturated rings. The maximum atomic E-state index is 13.4. The Bertz CT molecular complexity index is 695. The quantitative estimate of drug-likeness (QED) is 0.717. The molecule has 2 aliphatic heterocycles. The van der Waals surface area contributed by atoms with Crippen molar-refractivity contribution < 1.29 is 22.5 Å². The predicted octanol–water partition coefficient (Wildman–Crippen LogP) is 4.77. The maximum absolute atomic E-state index is 13.4. The third-order valence-corrected chi connectivity index (χ3v) is 4.98. The first kappa shape index (κ1) is 18.1. The van der Waals surface area contributed by atoms with Crippen LogP contribution in [-0.2, 0) is 9.31 Å². The first-order chi connectivity index (χ1) is 11.5. The van der Waals surface area contributed by atoms with Crippen LogP contribution in [0.5, 0.6) is 0 Å². The second-order valence-electron chi connectivity index (χ2n) is 7.36. The summed E-state index contributed by atoms with van der Waals surface area (Å²) in [5.74, 6) is 0. The molecule has 2 heterocycles. The van der Waals surface area contributed by atoms with Gasteiger partial charge < -0.3 is 14.1 Å². The second kappa shape index (κ2) is 5.92. The Hall–Kier alpha value is -1.73. The summed E-state index contributed by atoms with van der Waals surface area (Å²) in [6.07, 6.45) is -1.83. The molecule has 0 aromatic heterocycles. The summed E-state index contributed by atoms with van der Waals surface area (Å²) >= 11 is 0. The highest BCUT2D eigenvalue weighted by molar-refractivity contribution is 6.43. The van der Waals surface area contributed by atoms with Crippen LogP contribution < -0.4 is 0 Å². The van der Waals surface area contributed by atoms with E-state index in [1.165, 1.54) is 4.81 Å². The summed E-state index contributed by atoms with van der Waals surface area (Å²) in [6.45, 7) is 7.47. The highest BCUT2D eigenvalue weighted by atomic mass is 19.4. The molecule has 3 rings (SSSR count). The van der Waals surface area contributed by atoms with E-state index >= 15 is 0 Å². The molecule has 25 heavy (non-hydrogen) atoms. The fourth-order valence-corrected chi connectivity index (χ4v) is 2.75. The Morgan fingerprint density at radius 1 is 0.960 bits per heavy atom. The lowest BCUT2D eigenvalue weighted by Gasteiger charge is -2.32. The Labute approximate surface area is 146 Å². The molecular weight excluding hydrogens is 330 g/mol. The first-order valence-electron chi connectivity index (χ1n) is 8.17. The number of benzene rings is 1. The van der Waals surface area contributed by atoms with E-state index in [0.29, 0.717) is 5.57 Å². The summed E-state index contributed by atoms with van der Waals surface area (Å²) in [7, 11) is -0.902. The number of hydrogen-bond acceptors (Lipinski definition) is 3. The summed E-state index contributed by atoms with van der Waals surface area (Å²) in [4.78, 5) is 1.38. The summed E-state index contributed by atoms with van der Waals surface area (Å²) in [5.41, 5.74) is -0.544. The van der Waals surface area contributed by atoms with Crippen molar-refractivity contribution in [2.75, 3.05) is 0 Å². The Morgan fingerprint density at radius 3 is 2.04 bits per heavy atom. The van der Waals surface area contributed by atoms with Crippen molar-refractivity contribution in [2.24, 2.45) is 0 Å². The van der Waals surface area contributed by atoms with E-state index in [1.807, 2.05) is 33.8 Å².